The summed E-state index contributed by atoms with van der Waals surface area (Å²) >= 11 is 5.93. The Hall–Kier alpha value is -1.71. The molecule has 1 aromatic carbocycles. The van der Waals surface area contributed by atoms with Crippen molar-refractivity contribution >= 4 is 33.9 Å². The fourth-order valence-electron chi connectivity index (χ4n) is 1.34. The molecule has 0 saturated carbocycles. The minimum atomic E-state index is -3.65. The largest absolute Gasteiger partial charge is 0.227 e. The van der Waals surface area contributed by atoms with E-state index in [1.54, 1.807) is 30.3 Å². The summed E-state index contributed by atoms with van der Waals surface area (Å²) < 4.78 is 23.2. The van der Waals surface area contributed by atoms with Crippen LogP contribution in [0.1, 0.15) is 26.3 Å². The van der Waals surface area contributed by atoms with E-state index in [9.17, 15) is 8.42 Å². The molecule has 0 aliphatic carbocycles. The van der Waals surface area contributed by atoms with E-state index in [4.69, 9.17) is 16.9 Å². The van der Waals surface area contributed by atoms with E-state index in [1.165, 1.54) is 27.0 Å². The summed E-state index contributed by atoms with van der Waals surface area (Å²) in [7, 11) is -3.65. The molecule has 0 aromatic heterocycles. The van der Waals surface area contributed by atoms with Crippen molar-refractivity contribution in [1.82, 2.24) is 0 Å². The molecule has 1 aromatic rings. The van der Waals surface area contributed by atoms with E-state index in [1.807, 2.05) is 0 Å². The van der Waals surface area contributed by atoms with Gasteiger partial charge in [0.05, 0.1) is 23.2 Å². The van der Waals surface area contributed by atoms with Crippen LogP contribution < -0.4 is 0 Å². The summed E-state index contributed by atoms with van der Waals surface area (Å²) in [4.78, 5) is 0. The molecule has 0 bridgehead atoms. The summed E-state index contributed by atoms with van der Waals surface area (Å²) in [6.07, 6.45) is 2.42. The molecule has 7 heteroatoms. The smallest absolute Gasteiger partial charge is 0.185 e. The van der Waals surface area contributed by atoms with E-state index in [2.05, 4.69) is 10.2 Å². The number of nitrogens with zero attached hydrogens (tertiary/aromatic N) is 3. The third kappa shape index (κ3) is 4.38. The number of halogens is 1. The SMILES string of the molecule is CC(C)(C)S(=O)(=O)C(C#N)/C=N\N=C/c1ccccc1Cl. The van der Waals surface area contributed by atoms with Crippen LogP contribution in [0.15, 0.2) is 34.5 Å². The molecule has 0 spiro atoms. The number of sulfone groups is 1. The second-order valence-electron chi connectivity index (χ2n) is 5.24. The fraction of sp³-hybridized carbons (Fsp3) is 0.357. The zero-order valence-electron chi connectivity index (χ0n) is 12.0. The molecule has 0 fully saturated rings. The molecule has 0 N–H and O–H groups in total. The normalized spacial score (nSPS) is 14.4. The topological polar surface area (TPSA) is 82.6 Å². The summed E-state index contributed by atoms with van der Waals surface area (Å²) in [5, 5.41) is 15.5. The summed E-state index contributed by atoms with van der Waals surface area (Å²) in [5.41, 5.74) is 0.656. The van der Waals surface area contributed by atoms with Gasteiger partial charge in [0.1, 0.15) is 0 Å². The monoisotopic (exact) mass is 325 g/mol. The van der Waals surface area contributed by atoms with E-state index in [0.29, 0.717) is 10.6 Å². The van der Waals surface area contributed by atoms with E-state index in [-0.39, 0.29) is 0 Å². The molecule has 0 aliphatic rings. The maximum Gasteiger partial charge on any atom is 0.185 e. The number of benzene rings is 1. The van der Waals surface area contributed by atoms with Crippen molar-refractivity contribution in [3.63, 3.8) is 0 Å². The molecular formula is C14H16ClN3O2S. The quantitative estimate of drug-likeness (QED) is 0.630. The highest BCUT2D eigenvalue weighted by atomic mass is 35.5. The van der Waals surface area contributed by atoms with Crippen molar-refractivity contribution in [2.75, 3.05) is 0 Å². The van der Waals surface area contributed by atoms with Gasteiger partial charge in [-0.3, -0.25) is 0 Å². The van der Waals surface area contributed by atoms with Crippen LogP contribution in [0.4, 0.5) is 0 Å². The van der Waals surface area contributed by atoms with E-state index >= 15 is 0 Å². The van der Waals surface area contributed by atoms with Crippen molar-refractivity contribution < 1.29 is 8.42 Å². The first-order valence-corrected chi connectivity index (χ1v) is 8.06. The molecule has 0 heterocycles. The average molecular weight is 326 g/mol. The highest BCUT2D eigenvalue weighted by Crippen LogP contribution is 2.19. The molecule has 112 valence electrons. The number of rotatable bonds is 4. The van der Waals surface area contributed by atoms with Crippen LogP contribution in [0.5, 0.6) is 0 Å². The van der Waals surface area contributed by atoms with Crippen molar-refractivity contribution in [2.45, 2.75) is 30.8 Å². The van der Waals surface area contributed by atoms with Crippen molar-refractivity contribution in [1.29, 1.82) is 5.26 Å². The third-order valence-electron chi connectivity index (χ3n) is 2.69. The lowest BCUT2D eigenvalue weighted by molar-refractivity contribution is 0.560. The van der Waals surface area contributed by atoms with Gasteiger partial charge in [-0.2, -0.15) is 15.5 Å². The predicted molar refractivity (Wildman–Crippen MR) is 85.6 cm³/mol. The van der Waals surface area contributed by atoms with Gasteiger partial charge in [0.15, 0.2) is 15.1 Å². The first-order valence-electron chi connectivity index (χ1n) is 6.14. The Labute approximate surface area is 129 Å². The van der Waals surface area contributed by atoms with Gasteiger partial charge in [0, 0.05) is 10.6 Å². The van der Waals surface area contributed by atoms with Crippen LogP contribution in [-0.2, 0) is 9.84 Å². The zero-order chi connectivity index (χ0) is 16.1. The zero-order valence-corrected chi connectivity index (χ0v) is 13.6. The highest BCUT2D eigenvalue weighted by Gasteiger charge is 2.36. The van der Waals surface area contributed by atoms with Crippen molar-refractivity contribution in [3.8, 4) is 6.07 Å². The molecule has 0 saturated heterocycles. The second-order valence-corrected chi connectivity index (χ2v) is 8.47. The number of hydrogen-bond acceptors (Lipinski definition) is 5. The number of nitriles is 1. The van der Waals surface area contributed by atoms with Crippen LogP contribution >= 0.6 is 11.6 Å². The Kier molecular flexibility index (Phi) is 5.64. The maximum atomic E-state index is 12.1. The van der Waals surface area contributed by atoms with Crippen LogP contribution in [0.2, 0.25) is 5.02 Å². The van der Waals surface area contributed by atoms with Gasteiger partial charge in [-0.25, -0.2) is 8.42 Å². The second kappa shape index (κ2) is 6.83. The van der Waals surface area contributed by atoms with Gasteiger partial charge < -0.3 is 0 Å². The Balaban J connectivity index is 2.90. The Morgan fingerprint density at radius 3 is 2.43 bits per heavy atom. The van der Waals surface area contributed by atoms with Gasteiger partial charge >= 0.3 is 0 Å². The summed E-state index contributed by atoms with van der Waals surface area (Å²) in [6, 6.07) is 8.74. The van der Waals surface area contributed by atoms with Gasteiger partial charge in [-0.1, -0.05) is 29.8 Å². The molecule has 0 amide bonds. The van der Waals surface area contributed by atoms with Gasteiger partial charge in [0.2, 0.25) is 0 Å². The molecule has 0 radical (unpaired) electrons. The maximum absolute atomic E-state index is 12.1. The predicted octanol–water partition coefficient (Wildman–Crippen LogP) is 2.85. The first-order chi connectivity index (χ1) is 9.70. The standard InChI is InChI=1S/C14H16ClN3O2S/c1-14(2,3)21(19,20)12(8-16)10-18-17-9-11-6-4-5-7-13(11)15/h4-7,9-10,12H,1-3H3/b17-9-,18-10-. The van der Waals surface area contributed by atoms with E-state index in [0.717, 1.165) is 6.21 Å². The fourth-order valence-corrected chi connectivity index (χ4v) is 2.64. The number of hydrogen-bond donors (Lipinski definition) is 0. The summed E-state index contributed by atoms with van der Waals surface area (Å²) in [5.74, 6) is 0. The van der Waals surface area contributed by atoms with Crippen LogP contribution in [0.25, 0.3) is 0 Å². The van der Waals surface area contributed by atoms with Crippen molar-refractivity contribution in [2.24, 2.45) is 10.2 Å². The first kappa shape index (κ1) is 17.3. The average Bonchev–Trinajstić information content (AvgIpc) is 2.39. The van der Waals surface area contributed by atoms with Gasteiger partial charge in [-0.15, -0.1) is 0 Å². The molecule has 21 heavy (non-hydrogen) atoms. The molecule has 1 rings (SSSR count). The molecule has 1 unspecified atom stereocenters. The van der Waals surface area contributed by atoms with Gasteiger partial charge in [0.25, 0.3) is 0 Å². The molecule has 0 aliphatic heterocycles. The summed E-state index contributed by atoms with van der Waals surface area (Å²) in [6.45, 7) is 4.61. The molecule has 1 atom stereocenters. The third-order valence-corrected chi connectivity index (χ3v) is 5.63. The minimum Gasteiger partial charge on any atom is -0.227 e. The lowest BCUT2D eigenvalue weighted by Crippen LogP contribution is -2.37. The van der Waals surface area contributed by atoms with Crippen LogP contribution in [0.3, 0.4) is 0 Å². The van der Waals surface area contributed by atoms with E-state index < -0.39 is 19.8 Å². The Morgan fingerprint density at radius 1 is 1.29 bits per heavy atom. The minimum absolute atomic E-state index is 0.510. The Bertz CT molecular complexity index is 698. The van der Waals surface area contributed by atoms with Gasteiger partial charge in [-0.05, 0) is 26.8 Å². The highest BCUT2D eigenvalue weighted by molar-refractivity contribution is 7.94. The van der Waals surface area contributed by atoms with Crippen LogP contribution in [0, 0.1) is 11.3 Å². The lowest BCUT2D eigenvalue weighted by Gasteiger charge is -2.20. The Morgan fingerprint density at radius 2 is 1.90 bits per heavy atom. The van der Waals surface area contributed by atoms with Crippen LogP contribution in [-0.4, -0.2) is 30.8 Å². The van der Waals surface area contributed by atoms with Crippen molar-refractivity contribution in [3.05, 3.63) is 34.9 Å². The molecule has 5 nitrogen and oxygen atoms in total. The lowest BCUT2D eigenvalue weighted by atomic mass is 10.2. The molecular weight excluding hydrogens is 310 g/mol.